The zero-order chi connectivity index (χ0) is 32.8. The molecule has 3 aliphatic rings. The Hall–Kier alpha value is -4.49. The fourth-order valence-electron chi connectivity index (χ4n) is 6.40. The number of hydrogen-bond acceptors (Lipinski definition) is 8. The predicted molar refractivity (Wildman–Crippen MR) is 169 cm³/mol. The van der Waals surface area contributed by atoms with Crippen molar-refractivity contribution in [3.05, 3.63) is 78.6 Å². The van der Waals surface area contributed by atoms with Crippen LogP contribution in [0.4, 0.5) is 24.7 Å². The van der Waals surface area contributed by atoms with Crippen molar-refractivity contribution in [2.45, 2.75) is 19.2 Å². The summed E-state index contributed by atoms with van der Waals surface area (Å²) < 4.78 is 47.0. The Kier molecular flexibility index (Phi) is 10.0. The topological polar surface area (TPSA) is 109 Å². The second-order valence-electron chi connectivity index (χ2n) is 12.0. The first-order chi connectivity index (χ1) is 22.7. The maximum atomic E-state index is 13.4. The van der Waals surface area contributed by atoms with E-state index >= 15 is 0 Å². The first kappa shape index (κ1) is 32.5. The number of halogens is 3. The van der Waals surface area contributed by atoms with Gasteiger partial charge < -0.3 is 25.0 Å². The fourth-order valence-corrected chi connectivity index (χ4v) is 6.40. The number of amides is 2. The van der Waals surface area contributed by atoms with Crippen molar-refractivity contribution in [1.29, 1.82) is 0 Å². The zero-order valence-electron chi connectivity index (χ0n) is 25.8. The van der Waals surface area contributed by atoms with Crippen molar-refractivity contribution >= 4 is 23.3 Å². The van der Waals surface area contributed by atoms with Gasteiger partial charge in [0.05, 0.1) is 18.9 Å². The summed E-state index contributed by atoms with van der Waals surface area (Å²) in [6.45, 7) is 5.02. The van der Waals surface area contributed by atoms with E-state index in [1.807, 2.05) is 17.0 Å². The minimum atomic E-state index is -4.76. The second-order valence-corrected chi connectivity index (χ2v) is 12.0. The Bertz CT molecular complexity index is 1580. The Morgan fingerprint density at radius 3 is 2.47 bits per heavy atom. The highest BCUT2D eigenvalue weighted by molar-refractivity contribution is 5.95. The maximum Gasteiger partial charge on any atom is 0.573 e. The monoisotopic (exact) mass is 650 g/mol. The third-order valence-electron chi connectivity index (χ3n) is 8.81. The van der Waals surface area contributed by atoms with Gasteiger partial charge in [0.15, 0.2) is 0 Å². The van der Waals surface area contributed by atoms with E-state index in [1.54, 1.807) is 18.2 Å². The Morgan fingerprint density at radius 1 is 0.936 bits per heavy atom. The molecule has 1 aliphatic heterocycles. The number of hydrogen-bond donors (Lipinski definition) is 2. The lowest BCUT2D eigenvalue weighted by Gasteiger charge is -2.34. The van der Waals surface area contributed by atoms with Gasteiger partial charge in [0, 0.05) is 68.1 Å². The molecule has 0 spiro atoms. The van der Waals surface area contributed by atoms with Crippen molar-refractivity contribution in [1.82, 2.24) is 25.1 Å². The minimum Gasteiger partial charge on any atom is -0.406 e. The molecule has 0 unspecified atom stereocenters. The van der Waals surface area contributed by atoms with Gasteiger partial charge in [0.2, 0.25) is 5.91 Å². The van der Waals surface area contributed by atoms with Crippen molar-refractivity contribution in [2.75, 3.05) is 57.8 Å². The number of rotatable bonds is 12. The molecule has 2 heterocycles. The normalized spacial score (nSPS) is 20.7. The van der Waals surface area contributed by atoms with Crippen molar-refractivity contribution in [2.24, 2.45) is 17.8 Å². The SMILES string of the molecule is O=C(NCCOCCN1CCN(C(=O)c2cccc(-c3cc(Nc4ccc(OC(F)(F)F)cc4)ncn3)c2)CC1)[C@H]1C[C@H]2C=C[C@@H]1C2. The highest BCUT2D eigenvalue weighted by Crippen LogP contribution is 2.43. The fraction of sp³-hybridized carbons (Fsp3) is 0.412. The molecular weight excluding hydrogens is 613 g/mol. The lowest BCUT2D eigenvalue weighted by Crippen LogP contribution is -2.49. The van der Waals surface area contributed by atoms with Crippen LogP contribution in [0.25, 0.3) is 11.3 Å². The van der Waals surface area contributed by atoms with Crippen LogP contribution < -0.4 is 15.4 Å². The minimum absolute atomic E-state index is 0.0574. The van der Waals surface area contributed by atoms with E-state index in [1.165, 1.54) is 30.6 Å². The Morgan fingerprint density at radius 2 is 1.74 bits per heavy atom. The summed E-state index contributed by atoms with van der Waals surface area (Å²) in [6, 6.07) is 14.3. The molecule has 1 saturated carbocycles. The number of alkyl halides is 3. The van der Waals surface area contributed by atoms with E-state index in [-0.39, 0.29) is 23.5 Å². The molecule has 2 N–H and O–H groups in total. The highest BCUT2D eigenvalue weighted by Gasteiger charge is 2.39. The molecule has 1 aromatic heterocycles. The molecule has 0 radical (unpaired) electrons. The van der Waals surface area contributed by atoms with Crippen LogP contribution in [0, 0.1) is 17.8 Å². The van der Waals surface area contributed by atoms with Gasteiger partial charge in [-0.3, -0.25) is 14.5 Å². The molecule has 6 rings (SSSR count). The molecule has 47 heavy (non-hydrogen) atoms. The molecule has 2 aromatic carbocycles. The van der Waals surface area contributed by atoms with Gasteiger partial charge >= 0.3 is 6.36 Å². The molecule has 2 bridgehead atoms. The highest BCUT2D eigenvalue weighted by atomic mass is 19.4. The largest absolute Gasteiger partial charge is 0.573 e. The number of carbonyl (C=O) groups is 2. The van der Waals surface area contributed by atoms with Crippen molar-refractivity contribution in [3.63, 3.8) is 0 Å². The van der Waals surface area contributed by atoms with Gasteiger partial charge in [0.1, 0.15) is 17.9 Å². The van der Waals surface area contributed by atoms with Crippen molar-refractivity contribution < 1.29 is 32.2 Å². The number of fused-ring (bicyclic) bond motifs is 2. The van der Waals surface area contributed by atoms with Crippen LogP contribution >= 0.6 is 0 Å². The van der Waals surface area contributed by atoms with E-state index in [4.69, 9.17) is 4.74 Å². The molecule has 248 valence electrons. The number of carbonyl (C=O) groups excluding carboxylic acids is 2. The molecule has 1 saturated heterocycles. The van der Waals surface area contributed by atoms with Crippen LogP contribution in [0.3, 0.4) is 0 Å². The Labute approximate surface area is 271 Å². The maximum absolute atomic E-state index is 13.4. The number of nitrogens with one attached hydrogen (secondary N) is 2. The van der Waals surface area contributed by atoms with Gasteiger partial charge in [-0.1, -0.05) is 24.3 Å². The first-order valence-corrected chi connectivity index (χ1v) is 15.8. The number of aromatic nitrogens is 2. The number of ether oxygens (including phenoxy) is 2. The summed E-state index contributed by atoms with van der Waals surface area (Å²) in [7, 11) is 0. The van der Waals surface area contributed by atoms with Crippen LogP contribution in [-0.4, -0.2) is 90.4 Å². The first-order valence-electron chi connectivity index (χ1n) is 15.8. The average Bonchev–Trinajstić information content (AvgIpc) is 3.71. The molecule has 3 aromatic rings. The summed E-state index contributed by atoms with van der Waals surface area (Å²) in [5.41, 5.74) is 2.39. The summed E-state index contributed by atoms with van der Waals surface area (Å²) in [5.74, 6) is 1.29. The molecule has 13 heteroatoms. The van der Waals surface area contributed by atoms with Gasteiger partial charge in [-0.25, -0.2) is 9.97 Å². The van der Waals surface area contributed by atoms with Gasteiger partial charge in [-0.05, 0) is 61.1 Å². The quantitative estimate of drug-likeness (QED) is 0.211. The van der Waals surface area contributed by atoms with Crippen molar-refractivity contribution in [3.8, 4) is 17.0 Å². The summed E-state index contributed by atoms with van der Waals surface area (Å²) >= 11 is 0. The van der Waals surface area contributed by atoms with Gasteiger partial charge in [0.25, 0.3) is 5.91 Å². The number of allylic oxidation sites excluding steroid dienone is 2. The van der Waals surface area contributed by atoms with E-state index in [9.17, 15) is 22.8 Å². The average molecular weight is 651 g/mol. The summed E-state index contributed by atoms with van der Waals surface area (Å²) in [4.78, 5) is 38.5. The molecule has 2 aliphatic carbocycles. The van der Waals surface area contributed by atoms with Gasteiger partial charge in [-0.2, -0.15) is 0 Å². The zero-order valence-corrected chi connectivity index (χ0v) is 25.8. The van der Waals surface area contributed by atoms with Crippen LogP contribution in [0.15, 0.2) is 73.1 Å². The van der Waals surface area contributed by atoms with Crippen LogP contribution in [-0.2, 0) is 9.53 Å². The van der Waals surface area contributed by atoms with E-state index in [2.05, 4.69) is 42.4 Å². The molecule has 2 amide bonds. The van der Waals surface area contributed by atoms with E-state index in [0.717, 1.165) is 38.0 Å². The van der Waals surface area contributed by atoms with E-state index in [0.29, 0.717) is 67.4 Å². The third kappa shape index (κ3) is 8.66. The number of nitrogens with zero attached hydrogens (tertiary/aromatic N) is 4. The van der Waals surface area contributed by atoms with Gasteiger partial charge in [-0.15, -0.1) is 13.2 Å². The molecule has 3 atom stereocenters. The second kappa shape index (κ2) is 14.5. The molecule has 2 fully saturated rings. The number of benzene rings is 2. The lowest BCUT2D eigenvalue weighted by molar-refractivity contribution is -0.274. The van der Waals surface area contributed by atoms with Crippen LogP contribution in [0.1, 0.15) is 23.2 Å². The lowest BCUT2D eigenvalue weighted by atomic mass is 9.93. The summed E-state index contributed by atoms with van der Waals surface area (Å²) in [6.07, 6.45) is 3.12. The molecular formula is C34H37F3N6O4. The predicted octanol–water partition coefficient (Wildman–Crippen LogP) is 4.89. The van der Waals surface area contributed by atoms with Crippen LogP contribution in [0.5, 0.6) is 5.75 Å². The third-order valence-corrected chi connectivity index (χ3v) is 8.81. The Balaban J connectivity index is 0.929. The summed E-state index contributed by atoms with van der Waals surface area (Å²) in [5, 5.41) is 6.06. The van der Waals surface area contributed by atoms with Crippen LogP contribution in [0.2, 0.25) is 0 Å². The number of anilines is 2. The smallest absolute Gasteiger partial charge is 0.406 e. The molecule has 10 nitrogen and oxygen atoms in total. The number of piperazine rings is 1. The standard InChI is InChI=1S/C34H37F3N6O4/c35-34(36,37)47-28-8-6-27(7-9-28)41-31-21-30(39-22-40-31)25-2-1-3-26(20-25)33(45)43-13-11-42(12-14-43)15-17-46-16-10-38-32(44)29-19-23-4-5-24(29)18-23/h1-9,20-24,29H,10-19H2,(H,38,44)(H,39,40,41)/t23-,24+,29-/m0/s1. The van der Waals surface area contributed by atoms with E-state index < -0.39 is 6.36 Å².